The molecule has 2 atom stereocenters. The molecule has 0 aromatic rings. The van der Waals surface area contributed by atoms with Crippen LogP contribution in [0.15, 0.2) is 0 Å². The van der Waals surface area contributed by atoms with Crippen LogP contribution >= 0.6 is 0 Å². The summed E-state index contributed by atoms with van der Waals surface area (Å²) in [4.78, 5) is 11.0. The van der Waals surface area contributed by atoms with E-state index in [2.05, 4.69) is 5.32 Å². The molecular formula is C8H15NO2. The van der Waals surface area contributed by atoms with Crippen molar-refractivity contribution in [2.45, 2.75) is 20.0 Å². The lowest BCUT2D eigenvalue weighted by atomic mass is 10.0. The highest BCUT2D eigenvalue weighted by atomic mass is 16.5. The van der Waals surface area contributed by atoms with Gasteiger partial charge in [-0.3, -0.25) is 4.79 Å². The van der Waals surface area contributed by atoms with E-state index in [1.165, 1.54) is 0 Å². The molecule has 0 radical (unpaired) electrons. The number of carbonyl (C=O) groups excluding carboxylic acids is 1. The minimum absolute atomic E-state index is 0.0787. The van der Waals surface area contributed by atoms with Crippen molar-refractivity contribution in [2.24, 2.45) is 5.92 Å². The standard InChI is InChI=1S/C8H15NO2/c1-3-11-8-5-9-4-7(8)6(2)10/h7-9H,3-5H2,1-2H3. The molecule has 0 bridgehead atoms. The number of ether oxygens (including phenoxy) is 1. The molecule has 1 rings (SSSR count). The lowest BCUT2D eigenvalue weighted by molar-refractivity contribution is -0.123. The van der Waals surface area contributed by atoms with Gasteiger partial charge in [0, 0.05) is 19.7 Å². The van der Waals surface area contributed by atoms with Gasteiger partial charge in [0.2, 0.25) is 0 Å². The molecule has 11 heavy (non-hydrogen) atoms. The normalized spacial score (nSPS) is 30.7. The van der Waals surface area contributed by atoms with Crippen LogP contribution < -0.4 is 5.32 Å². The molecule has 2 unspecified atom stereocenters. The Morgan fingerprint density at radius 3 is 2.91 bits per heavy atom. The molecule has 1 aliphatic heterocycles. The van der Waals surface area contributed by atoms with Crippen LogP contribution in [0.25, 0.3) is 0 Å². The van der Waals surface area contributed by atoms with Gasteiger partial charge in [-0.2, -0.15) is 0 Å². The van der Waals surface area contributed by atoms with Crippen LogP contribution in [-0.2, 0) is 9.53 Å². The van der Waals surface area contributed by atoms with E-state index in [1.54, 1.807) is 6.92 Å². The van der Waals surface area contributed by atoms with Gasteiger partial charge < -0.3 is 10.1 Å². The van der Waals surface area contributed by atoms with Gasteiger partial charge in [-0.25, -0.2) is 0 Å². The number of hydrogen-bond acceptors (Lipinski definition) is 3. The van der Waals surface area contributed by atoms with E-state index in [-0.39, 0.29) is 17.8 Å². The predicted octanol–water partition coefficient (Wildman–Crippen LogP) is 0.200. The van der Waals surface area contributed by atoms with E-state index >= 15 is 0 Å². The van der Waals surface area contributed by atoms with Gasteiger partial charge in [0.1, 0.15) is 5.78 Å². The summed E-state index contributed by atoms with van der Waals surface area (Å²) in [6.07, 6.45) is 0.109. The zero-order valence-electron chi connectivity index (χ0n) is 7.09. The van der Waals surface area contributed by atoms with Gasteiger partial charge in [0.15, 0.2) is 0 Å². The van der Waals surface area contributed by atoms with E-state index in [4.69, 9.17) is 4.74 Å². The van der Waals surface area contributed by atoms with Crippen molar-refractivity contribution in [1.82, 2.24) is 5.32 Å². The Kier molecular flexibility index (Phi) is 3.02. The highest BCUT2D eigenvalue weighted by Gasteiger charge is 2.30. The Labute approximate surface area is 67.1 Å². The Morgan fingerprint density at radius 1 is 1.64 bits per heavy atom. The fourth-order valence-electron chi connectivity index (χ4n) is 1.45. The van der Waals surface area contributed by atoms with Gasteiger partial charge >= 0.3 is 0 Å². The first kappa shape index (κ1) is 8.68. The second-order valence-electron chi connectivity index (χ2n) is 2.87. The summed E-state index contributed by atoms with van der Waals surface area (Å²) in [5, 5.41) is 3.14. The molecule has 1 heterocycles. The summed E-state index contributed by atoms with van der Waals surface area (Å²) in [6, 6.07) is 0. The van der Waals surface area contributed by atoms with Gasteiger partial charge in [-0.1, -0.05) is 0 Å². The Balaban J connectivity index is 2.44. The summed E-state index contributed by atoms with van der Waals surface area (Å²) in [6.45, 7) is 5.87. The van der Waals surface area contributed by atoms with Crippen LogP contribution in [0.2, 0.25) is 0 Å². The highest BCUT2D eigenvalue weighted by Crippen LogP contribution is 2.13. The molecule has 1 N–H and O–H groups in total. The number of ketones is 1. The van der Waals surface area contributed by atoms with Crippen LogP contribution in [-0.4, -0.2) is 31.6 Å². The molecule has 3 nitrogen and oxygen atoms in total. The van der Waals surface area contributed by atoms with E-state index in [0.717, 1.165) is 13.1 Å². The summed E-state index contributed by atoms with van der Waals surface area (Å²) >= 11 is 0. The van der Waals surface area contributed by atoms with Gasteiger partial charge in [-0.05, 0) is 13.8 Å². The fourth-order valence-corrected chi connectivity index (χ4v) is 1.45. The average Bonchev–Trinajstić information content (AvgIpc) is 2.36. The van der Waals surface area contributed by atoms with Gasteiger partial charge in [-0.15, -0.1) is 0 Å². The van der Waals surface area contributed by atoms with Crippen molar-refractivity contribution >= 4 is 5.78 Å². The van der Waals surface area contributed by atoms with E-state index in [1.807, 2.05) is 6.92 Å². The lowest BCUT2D eigenvalue weighted by Crippen LogP contribution is -2.27. The molecule has 1 aliphatic rings. The van der Waals surface area contributed by atoms with Crippen molar-refractivity contribution in [2.75, 3.05) is 19.7 Å². The van der Waals surface area contributed by atoms with E-state index in [0.29, 0.717) is 6.61 Å². The van der Waals surface area contributed by atoms with Crippen molar-refractivity contribution in [3.05, 3.63) is 0 Å². The van der Waals surface area contributed by atoms with Crippen LogP contribution in [0.4, 0.5) is 0 Å². The van der Waals surface area contributed by atoms with Gasteiger partial charge in [0.25, 0.3) is 0 Å². The van der Waals surface area contributed by atoms with Crippen molar-refractivity contribution in [1.29, 1.82) is 0 Å². The summed E-state index contributed by atoms with van der Waals surface area (Å²) in [5.41, 5.74) is 0. The molecule has 0 aromatic heterocycles. The number of Topliss-reactive ketones (excluding diaryl/α,β-unsaturated/α-hetero) is 1. The zero-order chi connectivity index (χ0) is 8.27. The Bertz CT molecular complexity index is 147. The fraction of sp³-hybridized carbons (Fsp3) is 0.875. The van der Waals surface area contributed by atoms with E-state index in [9.17, 15) is 4.79 Å². The molecule has 64 valence electrons. The topological polar surface area (TPSA) is 38.3 Å². The SMILES string of the molecule is CCOC1CNCC1C(C)=O. The van der Waals surface area contributed by atoms with Crippen LogP contribution in [0.5, 0.6) is 0 Å². The maximum Gasteiger partial charge on any atom is 0.136 e. The van der Waals surface area contributed by atoms with Crippen molar-refractivity contribution in [3.63, 3.8) is 0 Å². The molecule has 1 fully saturated rings. The Hall–Kier alpha value is -0.410. The first-order valence-corrected chi connectivity index (χ1v) is 4.08. The van der Waals surface area contributed by atoms with Crippen LogP contribution in [0.1, 0.15) is 13.8 Å². The highest BCUT2D eigenvalue weighted by molar-refractivity contribution is 5.79. The van der Waals surface area contributed by atoms with Gasteiger partial charge in [0.05, 0.1) is 12.0 Å². The maximum atomic E-state index is 11.0. The minimum Gasteiger partial charge on any atom is -0.376 e. The quantitative estimate of drug-likeness (QED) is 0.636. The average molecular weight is 157 g/mol. The second-order valence-corrected chi connectivity index (χ2v) is 2.87. The smallest absolute Gasteiger partial charge is 0.136 e. The summed E-state index contributed by atoms with van der Waals surface area (Å²) in [5.74, 6) is 0.309. The molecule has 0 aliphatic carbocycles. The number of carbonyl (C=O) groups is 1. The summed E-state index contributed by atoms with van der Waals surface area (Å²) in [7, 11) is 0. The molecule has 3 heteroatoms. The van der Waals surface area contributed by atoms with Crippen LogP contribution in [0.3, 0.4) is 0 Å². The number of rotatable bonds is 3. The summed E-state index contributed by atoms with van der Waals surface area (Å²) < 4.78 is 5.39. The molecule has 0 aromatic carbocycles. The molecule has 0 spiro atoms. The second kappa shape index (κ2) is 3.83. The maximum absolute atomic E-state index is 11.0. The van der Waals surface area contributed by atoms with E-state index < -0.39 is 0 Å². The third-order valence-corrected chi connectivity index (χ3v) is 2.06. The predicted molar refractivity (Wildman–Crippen MR) is 42.5 cm³/mol. The van der Waals surface area contributed by atoms with Crippen LogP contribution in [0, 0.1) is 5.92 Å². The number of nitrogens with one attached hydrogen (secondary N) is 1. The number of hydrogen-bond donors (Lipinski definition) is 1. The monoisotopic (exact) mass is 157 g/mol. The largest absolute Gasteiger partial charge is 0.376 e. The van der Waals surface area contributed by atoms with Crippen molar-refractivity contribution < 1.29 is 9.53 Å². The minimum atomic E-state index is 0.0787. The first-order chi connectivity index (χ1) is 5.25. The molecular weight excluding hydrogens is 142 g/mol. The molecule has 1 saturated heterocycles. The third kappa shape index (κ3) is 2.01. The van der Waals surface area contributed by atoms with Crippen molar-refractivity contribution in [3.8, 4) is 0 Å². The molecule has 0 amide bonds. The lowest BCUT2D eigenvalue weighted by Gasteiger charge is -2.14. The third-order valence-electron chi connectivity index (χ3n) is 2.06. The zero-order valence-corrected chi connectivity index (χ0v) is 7.09. The first-order valence-electron chi connectivity index (χ1n) is 4.08. The molecule has 0 saturated carbocycles. The Morgan fingerprint density at radius 2 is 2.36 bits per heavy atom.